The number of rotatable bonds is 3. The predicted molar refractivity (Wildman–Crippen MR) is 62.2 cm³/mol. The van der Waals surface area contributed by atoms with Gasteiger partial charge in [-0.1, -0.05) is 30.3 Å². The van der Waals surface area contributed by atoms with Crippen LogP contribution in [0.4, 0.5) is 0 Å². The topological polar surface area (TPSA) is 67.4 Å². The fourth-order valence-corrected chi connectivity index (χ4v) is 1.59. The molecule has 0 aliphatic heterocycles. The number of hydrogen-bond acceptors (Lipinski definition) is 5. The van der Waals surface area contributed by atoms with E-state index >= 15 is 0 Å². The van der Waals surface area contributed by atoms with Crippen LogP contribution in [0, 0.1) is 11.3 Å². The summed E-state index contributed by atoms with van der Waals surface area (Å²) in [7, 11) is 0. The van der Waals surface area contributed by atoms with Crippen molar-refractivity contribution in [2.75, 3.05) is 0 Å². The Kier molecular flexibility index (Phi) is 5.66. The van der Waals surface area contributed by atoms with Gasteiger partial charge in [0.25, 0.3) is 0 Å². The van der Waals surface area contributed by atoms with Gasteiger partial charge in [-0.25, -0.2) is 0 Å². The summed E-state index contributed by atoms with van der Waals surface area (Å²) < 4.78 is 1.65. The monoisotopic (exact) mass is 233 g/mol. The summed E-state index contributed by atoms with van der Waals surface area (Å²) in [5.41, 5.74) is 1.27. The summed E-state index contributed by atoms with van der Waals surface area (Å²) in [6, 6.07) is 12.0. The van der Waals surface area contributed by atoms with E-state index in [0.29, 0.717) is 0 Å². The molecule has 0 saturated heterocycles. The van der Waals surface area contributed by atoms with Crippen LogP contribution in [0.3, 0.4) is 0 Å². The SMILES string of the molecule is CC#N.c1ccc(CSn2cnnn2)cc1. The number of hydrogen-bond donors (Lipinski definition) is 0. The Labute approximate surface area is 98.2 Å². The van der Waals surface area contributed by atoms with E-state index in [-0.39, 0.29) is 0 Å². The molecule has 0 spiro atoms. The molecule has 0 atom stereocenters. The Balaban J connectivity index is 0.000000386. The van der Waals surface area contributed by atoms with Crippen LogP contribution in [0.2, 0.25) is 0 Å². The molecule has 0 amide bonds. The largest absolute Gasteiger partial charge is 0.199 e. The zero-order valence-corrected chi connectivity index (χ0v) is 9.63. The standard InChI is InChI=1S/C8H8N4S.C2H3N/c1-2-4-8(5-3-1)6-13-12-7-9-10-11-12;1-2-3/h1-5,7H,6H2;1H3. The van der Waals surface area contributed by atoms with Gasteiger partial charge in [-0.2, -0.15) is 9.35 Å². The Morgan fingerprint density at radius 3 is 2.62 bits per heavy atom. The number of benzene rings is 1. The minimum atomic E-state index is 0.881. The van der Waals surface area contributed by atoms with Crippen molar-refractivity contribution in [2.45, 2.75) is 12.7 Å². The van der Waals surface area contributed by atoms with E-state index in [1.165, 1.54) is 12.5 Å². The molecule has 1 aromatic carbocycles. The third-order valence-corrected chi connectivity index (χ3v) is 2.43. The molecule has 0 radical (unpaired) electrons. The fraction of sp³-hybridized carbons (Fsp3) is 0.200. The lowest BCUT2D eigenvalue weighted by Gasteiger charge is -1.98. The van der Waals surface area contributed by atoms with Crippen molar-refractivity contribution in [3.05, 3.63) is 42.2 Å². The second-order valence-corrected chi connectivity index (χ2v) is 3.62. The average molecular weight is 233 g/mol. The Hall–Kier alpha value is -1.87. The van der Waals surface area contributed by atoms with Crippen LogP contribution in [0.1, 0.15) is 12.5 Å². The van der Waals surface area contributed by atoms with Crippen LogP contribution in [-0.4, -0.2) is 19.6 Å². The fourth-order valence-electron chi connectivity index (χ4n) is 0.927. The van der Waals surface area contributed by atoms with Crippen LogP contribution < -0.4 is 0 Å². The van der Waals surface area contributed by atoms with E-state index in [1.807, 2.05) is 18.2 Å². The molecule has 2 rings (SSSR count). The highest BCUT2D eigenvalue weighted by atomic mass is 32.2. The van der Waals surface area contributed by atoms with Crippen molar-refractivity contribution in [2.24, 2.45) is 0 Å². The van der Waals surface area contributed by atoms with Gasteiger partial charge >= 0.3 is 0 Å². The lowest BCUT2D eigenvalue weighted by atomic mass is 10.2. The Morgan fingerprint density at radius 2 is 2.06 bits per heavy atom. The molecule has 2 aromatic rings. The molecular formula is C10H11N5S. The van der Waals surface area contributed by atoms with Crippen molar-refractivity contribution in [3.8, 4) is 6.07 Å². The van der Waals surface area contributed by atoms with Crippen LogP contribution in [-0.2, 0) is 5.75 Å². The number of tetrazole rings is 1. The molecule has 0 aliphatic carbocycles. The predicted octanol–water partition coefficient (Wildman–Crippen LogP) is 1.90. The zero-order valence-electron chi connectivity index (χ0n) is 8.82. The molecule has 5 nitrogen and oxygen atoms in total. The number of aromatic nitrogens is 4. The minimum Gasteiger partial charge on any atom is -0.199 e. The quantitative estimate of drug-likeness (QED) is 0.810. The third kappa shape index (κ3) is 4.57. The van der Waals surface area contributed by atoms with Gasteiger partial charge in [0.1, 0.15) is 0 Å². The number of nitrogens with zero attached hydrogens (tertiary/aromatic N) is 5. The second kappa shape index (κ2) is 7.43. The Morgan fingerprint density at radius 1 is 1.38 bits per heavy atom. The third-order valence-electron chi connectivity index (χ3n) is 1.54. The lowest BCUT2D eigenvalue weighted by Crippen LogP contribution is -1.89. The zero-order chi connectivity index (χ0) is 11.6. The van der Waals surface area contributed by atoms with Gasteiger partial charge in [0.05, 0.1) is 6.07 Å². The normalized spacial score (nSPS) is 8.75. The highest BCUT2D eigenvalue weighted by Crippen LogP contribution is 2.11. The van der Waals surface area contributed by atoms with Crippen molar-refractivity contribution >= 4 is 11.9 Å². The lowest BCUT2D eigenvalue weighted by molar-refractivity contribution is 0.852. The van der Waals surface area contributed by atoms with Gasteiger partial charge in [-0.05, 0) is 27.9 Å². The van der Waals surface area contributed by atoms with Crippen molar-refractivity contribution in [1.82, 2.24) is 19.6 Å². The Bertz CT molecular complexity index is 420. The first-order valence-corrected chi connectivity index (χ1v) is 5.52. The number of nitriles is 1. The van der Waals surface area contributed by atoms with Gasteiger partial charge in [0.15, 0.2) is 6.33 Å². The van der Waals surface area contributed by atoms with E-state index in [2.05, 4.69) is 27.7 Å². The van der Waals surface area contributed by atoms with Crippen LogP contribution in [0.15, 0.2) is 36.7 Å². The molecule has 1 heterocycles. The summed E-state index contributed by atoms with van der Waals surface area (Å²) >= 11 is 1.56. The smallest absolute Gasteiger partial charge is 0.150 e. The minimum absolute atomic E-state index is 0.881. The van der Waals surface area contributed by atoms with Crippen LogP contribution in [0.25, 0.3) is 0 Å². The van der Waals surface area contributed by atoms with Crippen LogP contribution in [0.5, 0.6) is 0 Å². The molecule has 0 aliphatic rings. The average Bonchev–Trinajstić information content (AvgIpc) is 2.82. The summed E-state index contributed by atoms with van der Waals surface area (Å²) in [5.74, 6) is 0.881. The van der Waals surface area contributed by atoms with Crippen LogP contribution >= 0.6 is 11.9 Å². The highest BCUT2D eigenvalue weighted by molar-refractivity contribution is 7.96. The van der Waals surface area contributed by atoms with Gasteiger partial charge < -0.3 is 0 Å². The first-order valence-electron chi connectivity index (χ1n) is 4.58. The first kappa shape index (κ1) is 12.2. The molecule has 0 N–H and O–H groups in total. The second-order valence-electron chi connectivity index (χ2n) is 2.69. The van der Waals surface area contributed by atoms with Gasteiger partial charge in [-0.15, -0.1) is 5.10 Å². The highest BCUT2D eigenvalue weighted by Gasteiger charge is 1.94. The first-order chi connectivity index (χ1) is 7.86. The van der Waals surface area contributed by atoms with E-state index < -0.39 is 0 Å². The van der Waals surface area contributed by atoms with E-state index in [4.69, 9.17) is 5.26 Å². The molecule has 16 heavy (non-hydrogen) atoms. The molecule has 0 unspecified atom stereocenters. The molecule has 0 bridgehead atoms. The summed E-state index contributed by atoms with van der Waals surface area (Å²) in [4.78, 5) is 0. The summed E-state index contributed by atoms with van der Waals surface area (Å²) in [6.07, 6.45) is 1.59. The molecule has 0 saturated carbocycles. The van der Waals surface area contributed by atoms with Crippen molar-refractivity contribution < 1.29 is 0 Å². The summed E-state index contributed by atoms with van der Waals surface area (Å²) in [6.45, 7) is 1.43. The maximum absolute atomic E-state index is 7.32. The summed E-state index contributed by atoms with van der Waals surface area (Å²) in [5, 5.41) is 18.2. The van der Waals surface area contributed by atoms with E-state index in [9.17, 15) is 0 Å². The van der Waals surface area contributed by atoms with Gasteiger partial charge in [-0.3, -0.25) is 0 Å². The van der Waals surface area contributed by atoms with E-state index in [0.717, 1.165) is 5.75 Å². The van der Waals surface area contributed by atoms with Gasteiger partial charge in [0, 0.05) is 12.7 Å². The molecule has 6 heteroatoms. The molecule has 82 valence electrons. The maximum atomic E-state index is 7.32. The van der Waals surface area contributed by atoms with E-state index in [1.54, 1.807) is 28.4 Å². The maximum Gasteiger partial charge on any atom is 0.150 e. The van der Waals surface area contributed by atoms with Gasteiger partial charge in [0.2, 0.25) is 0 Å². The van der Waals surface area contributed by atoms with Crippen molar-refractivity contribution in [1.29, 1.82) is 5.26 Å². The molecular weight excluding hydrogens is 222 g/mol. The molecule has 0 fully saturated rings. The molecule has 1 aromatic heterocycles. The van der Waals surface area contributed by atoms with Crippen molar-refractivity contribution in [3.63, 3.8) is 0 Å².